The molecule has 1 saturated carbocycles. The van der Waals surface area contributed by atoms with Crippen LogP contribution < -0.4 is 17.1 Å². The molecule has 0 spiro atoms. The van der Waals surface area contributed by atoms with Gasteiger partial charge in [0.1, 0.15) is 11.9 Å². The van der Waals surface area contributed by atoms with Crippen LogP contribution in [0.1, 0.15) is 31.2 Å². The van der Waals surface area contributed by atoms with Gasteiger partial charge in [0.2, 0.25) is 0 Å². The Morgan fingerprint density at radius 1 is 1.21 bits per heavy atom. The smallest absolute Gasteiger partial charge is 0.331 e. The van der Waals surface area contributed by atoms with Gasteiger partial charge in [0.25, 0.3) is 0 Å². The summed E-state index contributed by atoms with van der Waals surface area (Å²) in [6.07, 6.45) is 7.82. The Hall–Kier alpha value is -1.52. The molecule has 1 fully saturated rings. The van der Waals surface area contributed by atoms with E-state index in [9.17, 15) is 4.79 Å². The molecule has 134 valence electrons. The van der Waals surface area contributed by atoms with Crippen molar-refractivity contribution in [2.24, 2.45) is 5.92 Å². The number of esters is 1. The molecule has 0 saturated heterocycles. The Kier molecular flexibility index (Phi) is 8.87. The van der Waals surface area contributed by atoms with Crippen molar-refractivity contribution in [3.63, 3.8) is 0 Å². The normalized spacial score (nSPS) is 20.7. The molecule has 2 unspecified atom stereocenters. The number of nitrogens with zero attached hydrogens (tertiary/aromatic N) is 1. The number of hydrogen-bond acceptors (Lipinski definition) is 4. The molecule has 4 nitrogen and oxygen atoms in total. The first kappa shape index (κ1) is 20.5. The van der Waals surface area contributed by atoms with Crippen molar-refractivity contribution >= 4 is 12.0 Å². The third kappa shape index (κ3) is 6.54. The van der Waals surface area contributed by atoms with Gasteiger partial charge in [0, 0.05) is 18.5 Å². The number of rotatable bonds is 6. The second-order valence-corrected chi connectivity index (χ2v) is 6.39. The molecule has 0 aromatic heterocycles. The number of ether oxygens (including phenoxy) is 2. The zero-order valence-electron chi connectivity index (χ0n) is 14.7. The fourth-order valence-corrected chi connectivity index (χ4v) is 3.07. The minimum absolute atomic E-state index is 0. The summed E-state index contributed by atoms with van der Waals surface area (Å²) in [6.45, 7) is 0.972. The number of carbonyl (C=O) groups excluding carboxylic acids is 1. The van der Waals surface area contributed by atoms with E-state index in [1.165, 1.54) is 12.5 Å². The summed E-state index contributed by atoms with van der Waals surface area (Å²) in [7, 11) is 5.77. The fraction of sp³-hybridized carbons (Fsp3) is 0.526. The molecule has 1 aliphatic carbocycles. The van der Waals surface area contributed by atoms with Gasteiger partial charge in [0.15, 0.2) is 0 Å². The lowest BCUT2D eigenvalue weighted by molar-refractivity contribution is -0.147. The predicted molar refractivity (Wildman–Crippen MR) is 92.4 cm³/mol. The lowest BCUT2D eigenvalue weighted by Gasteiger charge is -2.32. The van der Waals surface area contributed by atoms with Crippen LogP contribution in [0.3, 0.4) is 0 Å². The molecule has 1 aliphatic rings. The minimum Gasteiger partial charge on any atom is -1.00 e. The first-order valence-electron chi connectivity index (χ1n) is 8.26. The molecule has 1 aromatic rings. The molecular weight excluding hydrogens is 326 g/mol. The van der Waals surface area contributed by atoms with Gasteiger partial charge >= 0.3 is 5.97 Å². The zero-order valence-corrected chi connectivity index (χ0v) is 15.5. The van der Waals surface area contributed by atoms with Crippen LogP contribution in [0.15, 0.2) is 30.3 Å². The molecule has 0 heterocycles. The standard InChI is InChI=1S/C19H27NO3.ClH/c1-20(2)14-16-6-4-5-7-18(16)23-19(21)13-10-15-8-11-17(22-3)12-9-15;/h8-13,16,18H,4-7,14H2,1-3H3;1H/p-1/b13-10+;. The maximum absolute atomic E-state index is 12.1. The molecule has 0 N–H and O–H groups in total. The van der Waals surface area contributed by atoms with Crippen LogP contribution in [0.5, 0.6) is 5.75 Å². The molecule has 0 amide bonds. The zero-order chi connectivity index (χ0) is 16.7. The van der Waals surface area contributed by atoms with Gasteiger partial charge in [-0.3, -0.25) is 0 Å². The van der Waals surface area contributed by atoms with Crippen LogP contribution >= 0.6 is 0 Å². The number of methoxy groups -OCH3 is 1. The Balaban J connectivity index is 0.00000288. The molecular formula is C19H27ClNO3-. The lowest BCUT2D eigenvalue weighted by Crippen LogP contribution is -3.00. The van der Waals surface area contributed by atoms with Crippen LogP contribution in [0.2, 0.25) is 0 Å². The average Bonchev–Trinajstić information content (AvgIpc) is 2.55. The number of carbonyl (C=O) groups is 1. The number of benzene rings is 1. The highest BCUT2D eigenvalue weighted by molar-refractivity contribution is 5.87. The quantitative estimate of drug-likeness (QED) is 0.548. The van der Waals surface area contributed by atoms with E-state index in [-0.39, 0.29) is 24.5 Å². The number of halogens is 1. The summed E-state index contributed by atoms with van der Waals surface area (Å²) in [6, 6.07) is 7.58. The van der Waals surface area contributed by atoms with Gasteiger partial charge in [-0.05, 0) is 57.1 Å². The van der Waals surface area contributed by atoms with Gasteiger partial charge in [-0.1, -0.05) is 18.6 Å². The minimum atomic E-state index is -0.253. The average molecular weight is 353 g/mol. The van der Waals surface area contributed by atoms with Gasteiger partial charge in [-0.25, -0.2) is 4.79 Å². The maximum Gasteiger partial charge on any atom is 0.331 e. The van der Waals surface area contributed by atoms with Crippen LogP contribution in [-0.2, 0) is 9.53 Å². The van der Waals surface area contributed by atoms with Crippen molar-refractivity contribution in [1.82, 2.24) is 4.90 Å². The van der Waals surface area contributed by atoms with Crippen LogP contribution in [0, 0.1) is 5.92 Å². The Labute approximate surface area is 151 Å². The summed E-state index contributed by atoms with van der Waals surface area (Å²) in [5.41, 5.74) is 0.955. The summed E-state index contributed by atoms with van der Waals surface area (Å²) in [5.74, 6) is 0.993. The van der Waals surface area contributed by atoms with Gasteiger partial charge in [0.05, 0.1) is 7.11 Å². The second-order valence-electron chi connectivity index (χ2n) is 6.39. The Morgan fingerprint density at radius 2 is 1.88 bits per heavy atom. The van der Waals surface area contributed by atoms with Crippen molar-refractivity contribution in [2.45, 2.75) is 31.8 Å². The topological polar surface area (TPSA) is 38.8 Å². The van der Waals surface area contributed by atoms with Crippen LogP contribution in [-0.4, -0.2) is 44.7 Å². The summed E-state index contributed by atoms with van der Waals surface area (Å²) < 4.78 is 10.8. The lowest BCUT2D eigenvalue weighted by atomic mass is 9.86. The predicted octanol–water partition coefficient (Wildman–Crippen LogP) is 0.376. The molecule has 5 heteroatoms. The van der Waals surface area contributed by atoms with E-state index in [0.717, 1.165) is 37.1 Å². The summed E-state index contributed by atoms with van der Waals surface area (Å²) >= 11 is 0. The molecule has 1 aromatic carbocycles. The Bertz CT molecular complexity index is 528. The molecule has 2 rings (SSSR count). The van der Waals surface area contributed by atoms with E-state index in [1.807, 2.05) is 24.3 Å². The van der Waals surface area contributed by atoms with Gasteiger partial charge in [-0.15, -0.1) is 0 Å². The highest BCUT2D eigenvalue weighted by atomic mass is 35.5. The molecule has 24 heavy (non-hydrogen) atoms. The first-order valence-corrected chi connectivity index (χ1v) is 8.26. The van der Waals surface area contributed by atoms with Crippen molar-refractivity contribution in [3.8, 4) is 5.75 Å². The highest BCUT2D eigenvalue weighted by Crippen LogP contribution is 2.27. The van der Waals surface area contributed by atoms with Crippen molar-refractivity contribution in [2.75, 3.05) is 27.7 Å². The molecule has 0 bridgehead atoms. The third-order valence-corrected chi connectivity index (χ3v) is 4.23. The van der Waals surface area contributed by atoms with E-state index >= 15 is 0 Å². The van der Waals surface area contributed by atoms with Crippen molar-refractivity contribution in [3.05, 3.63) is 35.9 Å². The highest BCUT2D eigenvalue weighted by Gasteiger charge is 2.28. The van der Waals surface area contributed by atoms with E-state index in [4.69, 9.17) is 9.47 Å². The van der Waals surface area contributed by atoms with Crippen molar-refractivity contribution < 1.29 is 26.7 Å². The van der Waals surface area contributed by atoms with Crippen LogP contribution in [0.25, 0.3) is 6.08 Å². The van der Waals surface area contributed by atoms with Crippen LogP contribution in [0.4, 0.5) is 0 Å². The van der Waals surface area contributed by atoms with Gasteiger partial charge < -0.3 is 26.8 Å². The van der Waals surface area contributed by atoms with E-state index < -0.39 is 0 Å². The van der Waals surface area contributed by atoms with Gasteiger partial charge in [-0.2, -0.15) is 0 Å². The molecule has 0 radical (unpaired) electrons. The van der Waals surface area contributed by atoms with E-state index in [2.05, 4.69) is 19.0 Å². The first-order chi connectivity index (χ1) is 11.1. The SMILES string of the molecule is COc1ccc(/C=C/C(=O)OC2CCCCC2CN(C)C)cc1.[Cl-]. The van der Waals surface area contributed by atoms with Crippen molar-refractivity contribution in [1.29, 1.82) is 0 Å². The summed E-state index contributed by atoms with van der Waals surface area (Å²) in [4.78, 5) is 14.3. The summed E-state index contributed by atoms with van der Waals surface area (Å²) in [5, 5.41) is 0. The number of hydrogen-bond donors (Lipinski definition) is 0. The second kappa shape index (κ2) is 10.4. The monoisotopic (exact) mass is 352 g/mol. The largest absolute Gasteiger partial charge is 1.00 e. The Morgan fingerprint density at radius 3 is 2.50 bits per heavy atom. The van der Waals surface area contributed by atoms with E-state index in [0.29, 0.717) is 5.92 Å². The third-order valence-electron chi connectivity index (χ3n) is 4.23. The molecule has 0 aliphatic heterocycles. The maximum atomic E-state index is 12.1. The fourth-order valence-electron chi connectivity index (χ4n) is 3.07. The van der Waals surface area contributed by atoms with E-state index in [1.54, 1.807) is 13.2 Å². The molecule has 2 atom stereocenters.